The minimum Gasteiger partial charge on any atom is -0.299 e. The molecular weight excluding hydrogens is 402 g/mol. The van der Waals surface area contributed by atoms with Crippen molar-refractivity contribution in [3.05, 3.63) is 76.6 Å². The van der Waals surface area contributed by atoms with Crippen molar-refractivity contribution in [2.75, 3.05) is 0 Å². The van der Waals surface area contributed by atoms with Crippen molar-refractivity contribution < 1.29 is 8.42 Å². The van der Waals surface area contributed by atoms with E-state index in [-0.39, 0.29) is 4.90 Å². The lowest BCUT2D eigenvalue weighted by atomic mass is 10.2. The molecular formula is C19H14ClN3O2S2. The molecule has 2 heterocycles. The maximum Gasteiger partial charge on any atom is 0.238 e. The Kier molecular flexibility index (Phi) is 4.61. The first-order chi connectivity index (χ1) is 12.9. The van der Waals surface area contributed by atoms with E-state index < -0.39 is 10.0 Å². The molecule has 0 radical (unpaired) electrons. The molecule has 5 nitrogen and oxygen atoms in total. The number of nitrogens with zero attached hydrogens (tertiary/aromatic N) is 2. The number of hydrogen-bond donors (Lipinski definition) is 1. The average Bonchev–Trinajstić information content (AvgIpc) is 3.31. The molecule has 0 saturated heterocycles. The van der Waals surface area contributed by atoms with E-state index in [1.54, 1.807) is 23.5 Å². The van der Waals surface area contributed by atoms with Crippen molar-refractivity contribution in [3.63, 3.8) is 0 Å². The zero-order chi connectivity index (χ0) is 19.0. The SMILES string of the molecule is NS(=O)(=O)c1ccc(-c2nc(-c3ccsc3)cn2-c2ccc(Cl)cc2)cc1. The van der Waals surface area contributed by atoms with Gasteiger partial charge in [-0.25, -0.2) is 18.5 Å². The lowest BCUT2D eigenvalue weighted by molar-refractivity contribution is 0.598. The van der Waals surface area contributed by atoms with Crippen molar-refractivity contribution in [1.29, 1.82) is 0 Å². The van der Waals surface area contributed by atoms with Crippen molar-refractivity contribution >= 4 is 33.0 Å². The van der Waals surface area contributed by atoms with Gasteiger partial charge in [0.15, 0.2) is 0 Å². The third-order valence-corrected chi connectivity index (χ3v) is 5.93. The van der Waals surface area contributed by atoms with Crippen LogP contribution in [0.15, 0.2) is 76.4 Å². The molecule has 8 heteroatoms. The van der Waals surface area contributed by atoms with E-state index in [0.717, 1.165) is 22.5 Å². The first kappa shape index (κ1) is 17.9. The molecule has 4 aromatic rings. The van der Waals surface area contributed by atoms with E-state index in [1.807, 2.05) is 51.9 Å². The van der Waals surface area contributed by atoms with E-state index in [2.05, 4.69) is 0 Å². The number of rotatable bonds is 4. The quantitative estimate of drug-likeness (QED) is 0.530. The first-order valence-corrected chi connectivity index (χ1v) is 10.8. The molecule has 0 saturated carbocycles. The molecule has 0 aliphatic rings. The van der Waals surface area contributed by atoms with E-state index in [4.69, 9.17) is 21.7 Å². The van der Waals surface area contributed by atoms with Crippen LogP contribution in [0.2, 0.25) is 5.02 Å². The first-order valence-electron chi connectivity index (χ1n) is 7.93. The molecule has 0 aliphatic carbocycles. The lowest BCUT2D eigenvalue weighted by Gasteiger charge is -2.08. The predicted octanol–water partition coefficient (Wildman–Crippen LogP) is 4.57. The average molecular weight is 416 g/mol. The molecule has 2 N–H and O–H groups in total. The van der Waals surface area contributed by atoms with Crippen LogP contribution in [-0.4, -0.2) is 18.0 Å². The Morgan fingerprint density at radius 1 is 0.963 bits per heavy atom. The minimum absolute atomic E-state index is 0.0638. The number of imidazole rings is 1. The number of aromatic nitrogens is 2. The Balaban J connectivity index is 1.86. The van der Waals surface area contributed by atoms with Gasteiger partial charge >= 0.3 is 0 Å². The predicted molar refractivity (Wildman–Crippen MR) is 109 cm³/mol. The highest BCUT2D eigenvalue weighted by Gasteiger charge is 2.15. The molecule has 27 heavy (non-hydrogen) atoms. The fraction of sp³-hybridized carbons (Fsp3) is 0. The highest BCUT2D eigenvalue weighted by molar-refractivity contribution is 7.89. The van der Waals surface area contributed by atoms with Gasteiger partial charge in [0.1, 0.15) is 5.82 Å². The van der Waals surface area contributed by atoms with Gasteiger partial charge in [-0.3, -0.25) is 4.57 Å². The summed E-state index contributed by atoms with van der Waals surface area (Å²) in [5.74, 6) is 0.694. The summed E-state index contributed by atoms with van der Waals surface area (Å²) < 4.78 is 25.0. The van der Waals surface area contributed by atoms with Crippen LogP contribution in [0.1, 0.15) is 0 Å². The van der Waals surface area contributed by atoms with Crippen LogP contribution in [-0.2, 0) is 10.0 Å². The Morgan fingerprint density at radius 2 is 1.67 bits per heavy atom. The van der Waals surface area contributed by atoms with Gasteiger partial charge in [-0.15, -0.1) is 0 Å². The van der Waals surface area contributed by atoms with E-state index >= 15 is 0 Å². The molecule has 0 spiro atoms. The maximum atomic E-state index is 11.5. The zero-order valence-corrected chi connectivity index (χ0v) is 16.3. The van der Waals surface area contributed by atoms with Crippen LogP contribution in [0, 0.1) is 0 Å². The number of hydrogen-bond acceptors (Lipinski definition) is 4. The van der Waals surface area contributed by atoms with E-state index in [1.165, 1.54) is 12.1 Å². The fourth-order valence-corrected chi connectivity index (χ4v) is 4.02. The van der Waals surface area contributed by atoms with Crippen LogP contribution in [0.3, 0.4) is 0 Å². The third kappa shape index (κ3) is 3.68. The number of halogens is 1. The second-order valence-electron chi connectivity index (χ2n) is 5.88. The summed E-state index contributed by atoms with van der Waals surface area (Å²) in [6.07, 6.45) is 1.95. The third-order valence-electron chi connectivity index (χ3n) is 4.07. The van der Waals surface area contributed by atoms with Crippen molar-refractivity contribution in [2.45, 2.75) is 4.90 Å². The standard InChI is InChI=1S/C19H14ClN3O2S2/c20-15-3-5-16(6-4-15)23-11-18(14-9-10-26-12-14)22-19(23)13-1-7-17(8-2-13)27(21,24)25/h1-12H,(H2,21,24,25). The van der Waals surface area contributed by atoms with Gasteiger partial charge in [0.05, 0.1) is 10.6 Å². The zero-order valence-electron chi connectivity index (χ0n) is 13.9. The molecule has 0 unspecified atom stereocenters. The van der Waals surface area contributed by atoms with Crippen LogP contribution >= 0.6 is 22.9 Å². The van der Waals surface area contributed by atoms with Gasteiger partial charge in [-0.2, -0.15) is 11.3 Å². The van der Waals surface area contributed by atoms with Gasteiger partial charge < -0.3 is 0 Å². The molecule has 0 aliphatic heterocycles. The minimum atomic E-state index is -3.74. The molecule has 0 bridgehead atoms. The molecule has 4 rings (SSSR count). The second kappa shape index (κ2) is 6.94. The summed E-state index contributed by atoms with van der Waals surface area (Å²) in [5.41, 5.74) is 3.53. The summed E-state index contributed by atoms with van der Waals surface area (Å²) in [4.78, 5) is 4.83. The van der Waals surface area contributed by atoms with Crippen LogP contribution in [0.25, 0.3) is 28.3 Å². The smallest absolute Gasteiger partial charge is 0.238 e. The molecule has 0 atom stereocenters. The van der Waals surface area contributed by atoms with Crippen molar-refractivity contribution in [3.8, 4) is 28.3 Å². The number of benzene rings is 2. The normalized spacial score (nSPS) is 11.6. The Hall–Kier alpha value is -2.45. The number of sulfonamides is 1. The van der Waals surface area contributed by atoms with Crippen LogP contribution in [0.4, 0.5) is 0 Å². The number of primary sulfonamides is 1. The fourth-order valence-electron chi connectivity index (χ4n) is 2.73. The maximum absolute atomic E-state index is 11.5. The van der Waals surface area contributed by atoms with Gasteiger partial charge in [0.2, 0.25) is 10.0 Å². The molecule has 2 aromatic carbocycles. The monoisotopic (exact) mass is 415 g/mol. The van der Waals surface area contributed by atoms with Gasteiger partial charge in [-0.05, 0) is 60.0 Å². The van der Waals surface area contributed by atoms with Crippen LogP contribution in [0.5, 0.6) is 0 Å². The molecule has 2 aromatic heterocycles. The summed E-state index contributed by atoms with van der Waals surface area (Å²) in [5, 5.41) is 9.87. The molecule has 0 fully saturated rings. The number of nitrogens with two attached hydrogens (primary N) is 1. The lowest BCUT2D eigenvalue weighted by Crippen LogP contribution is -2.11. The van der Waals surface area contributed by atoms with Gasteiger partial charge in [0.25, 0.3) is 0 Å². The summed E-state index contributed by atoms with van der Waals surface area (Å²) in [6, 6.07) is 15.8. The second-order valence-corrected chi connectivity index (χ2v) is 8.66. The van der Waals surface area contributed by atoms with Gasteiger partial charge in [-0.1, -0.05) is 11.6 Å². The largest absolute Gasteiger partial charge is 0.299 e. The summed E-state index contributed by atoms with van der Waals surface area (Å²) >= 11 is 7.61. The van der Waals surface area contributed by atoms with E-state index in [9.17, 15) is 8.42 Å². The summed E-state index contributed by atoms with van der Waals surface area (Å²) in [7, 11) is -3.74. The highest BCUT2D eigenvalue weighted by atomic mass is 35.5. The molecule has 136 valence electrons. The topological polar surface area (TPSA) is 78.0 Å². The van der Waals surface area contributed by atoms with Crippen molar-refractivity contribution in [2.24, 2.45) is 5.14 Å². The Morgan fingerprint density at radius 3 is 2.26 bits per heavy atom. The Labute approximate surface area is 165 Å². The summed E-state index contributed by atoms with van der Waals surface area (Å²) in [6.45, 7) is 0. The highest BCUT2D eigenvalue weighted by Crippen LogP contribution is 2.29. The molecule has 0 amide bonds. The number of thiophene rings is 1. The van der Waals surface area contributed by atoms with Crippen LogP contribution < -0.4 is 5.14 Å². The van der Waals surface area contributed by atoms with Crippen molar-refractivity contribution in [1.82, 2.24) is 9.55 Å². The van der Waals surface area contributed by atoms with E-state index in [0.29, 0.717) is 10.8 Å². The Bertz CT molecular complexity index is 1180. The van der Waals surface area contributed by atoms with Gasteiger partial charge in [0, 0.05) is 33.4 Å².